The van der Waals surface area contributed by atoms with Gasteiger partial charge in [-0.05, 0) is 190 Å². The molecule has 3 aromatic heterocycles. The average molecular weight is 1310 g/mol. The number of benzene rings is 3. The Morgan fingerprint density at radius 1 is 0.521 bits per heavy atom. The maximum absolute atomic E-state index is 13.7. The number of nitrogens with zero attached hydrogens (tertiary/aromatic N) is 4. The summed E-state index contributed by atoms with van der Waals surface area (Å²) in [6.07, 6.45) is 13.3. The van der Waals surface area contributed by atoms with Crippen molar-refractivity contribution in [2.24, 2.45) is 0 Å². The molecule has 12 rings (SSSR count). The molecule has 3 saturated heterocycles. The molecule has 0 spiro atoms. The third-order valence-electron chi connectivity index (χ3n) is 17.8. The van der Waals surface area contributed by atoms with Crippen LogP contribution in [0.5, 0.6) is 17.2 Å². The molecule has 3 saturated carbocycles. The van der Waals surface area contributed by atoms with Gasteiger partial charge in [-0.15, -0.1) is 0 Å². The molecule has 3 aromatic carbocycles. The Labute approximate surface area is 550 Å². The van der Waals surface area contributed by atoms with Gasteiger partial charge in [0.05, 0.1) is 99.3 Å². The van der Waals surface area contributed by atoms with E-state index in [0.717, 1.165) is 126 Å². The molecular weight excluding hydrogens is 1210 g/mol. The molecule has 1 unspecified atom stereocenters. The highest BCUT2D eigenvalue weighted by Gasteiger charge is 2.44. The molecule has 4 amide bonds. The Kier molecular flexibility index (Phi) is 24.6. The largest absolute Gasteiger partial charge is 0.493 e. The van der Waals surface area contributed by atoms with Crippen molar-refractivity contribution in [1.29, 1.82) is 0 Å². The van der Waals surface area contributed by atoms with Gasteiger partial charge in [-0.25, -0.2) is 4.79 Å². The molecule has 3 aliphatic carbocycles. The minimum atomic E-state index is -0.740. The van der Waals surface area contributed by atoms with Crippen LogP contribution in [0.15, 0.2) is 86.6 Å². The van der Waals surface area contributed by atoms with E-state index in [-0.39, 0.29) is 86.9 Å². The Morgan fingerprint density at radius 3 is 1.19 bits per heavy atom. The predicted octanol–water partition coefficient (Wildman–Crippen LogP) is 9.52. The number of aliphatic hydroxyl groups excluding tert-OH is 3. The summed E-state index contributed by atoms with van der Waals surface area (Å²) in [5, 5.41) is 36.2. The van der Waals surface area contributed by atoms with Gasteiger partial charge in [-0.3, -0.25) is 14.4 Å². The second kappa shape index (κ2) is 33.1. The lowest BCUT2D eigenvalue weighted by molar-refractivity contribution is -0.152. The molecule has 6 aliphatic rings. The summed E-state index contributed by atoms with van der Waals surface area (Å²) in [6, 6.07) is 17.9. The first kappa shape index (κ1) is 69.9. The highest BCUT2D eigenvalue weighted by atomic mass is 16.6. The summed E-state index contributed by atoms with van der Waals surface area (Å²) >= 11 is 0. The summed E-state index contributed by atoms with van der Waals surface area (Å²) in [5.41, 5.74) is 4.50. The number of rotatable bonds is 27. The predicted molar refractivity (Wildman–Crippen MR) is 352 cm³/mol. The molecule has 94 heavy (non-hydrogen) atoms. The molecule has 6 fully saturated rings. The maximum Gasteiger partial charge on any atom is 0.410 e. The Morgan fingerprint density at radius 2 is 0.872 bits per heavy atom. The van der Waals surface area contributed by atoms with Crippen LogP contribution in [0.2, 0.25) is 0 Å². The van der Waals surface area contributed by atoms with E-state index in [9.17, 15) is 19.2 Å². The van der Waals surface area contributed by atoms with Crippen molar-refractivity contribution in [2.45, 2.75) is 179 Å². The van der Waals surface area contributed by atoms with Crippen LogP contribution >= 0.6 is 0 Å². The zero-order chi connectivity index (χ0) is 66.3. The van der Waals surface area contributed by atoms with Gasteiger partial charge in [0.25, 0.3) is 17.7 Å². The fourth-order valence-electron chi connectivity index (χ4n) is 12.3. The van der Waals surface area contributed by atoms with Crippen molar-refractivity contribution >= 4 is 56.7 Å². The van der Waals surface area contributed by atoms with Crippen LogP contribution in [0.1, 0.15) is 153 Å². The highest BCUT2D eigenvalue weighted by molar-refractivity contribution is 5.89. The Balaban J connectivity index is 0.000000155. The van der Waals surface area contributed by atoms with E-state index in [4.69, 9.17) is 61.7 Å². The van der Waals surface area contributed by atoms with Gasteiger partial charge in [0, 0.05) is 70.7 Å². The molecule has 23 heteroatoms. The monoisotopic (exact) mass is 1310 g/mol. The van der Waals surface area contributed by atoms with Crippen LogP contribution < -0.4 is 24.8 Å². The number of nitrogens with one attached hydrogen (secondary N) is 2. The SMILES string of the molecule is CC(c1cc(OCCCCO)c2ccoc2c1)N(C(=O)[C@H]1CN(C(=O)OC(C)(C)C)CCO1)C1CC1.C[C@@H](c1cc(OCCCCO)c2ccoc2c1)N(C(=O)[C@H]1CNCCO1)C1CC1.C[C@H](c1cc(OCCCCO)c2ccoc2c1)N(C(=O)[C@H]1CNCCO1)C1CC1. The highest BCUT2D eigenvalue weighted by Crippen LogP contribution is 2.42. The van der Waals surface area contributed by atoms with E-state index in [1.165, 1.54) is 0 Å². The number of carbonyl (C=O) groups is 4. The first-order valence-electron chi connectivity index (χ1n) is 34.0. The smallest absolute Gasteiger partial charge is 0.410 e. The number of unbranched alkanes of at least 4 members (excludes halogenated alkanes) is 3. The topological polar surface area (TPSA) is 270 Å². The van der Waals surface area contributed by atoms with Crippen molar-refractivity contribution in [2.75, 3.05) is 98.7 Å². The molecule has 6 heterocycles. The number of morpholine rings is 3. The van der Waals surface area contributed by atoms with Crippen LogP contribution in [0, 0.1) is 0 Å². The average Bonchev–Trinajstić information content (AvgIpc) is 1.56. The van der Waals surface area contributed by atoms with Crippen molar-refractivity contribution in [1.82, 2.24) is 30.2 Å². The second-order valence-electron chi connectivity index (χ2n) is 26.3. The Bertz CT molecular complexity index is 3270. The standard InChI is InChI=1S/C27H38N2O7.2C22H30N2O5/c1-18(19-15-22(33-12-6-5-11-30)21-9-13-34-23(21)16-19)29(20-7-8-20)25(31)24-17-28(10-14-35-24)26(32)36-27(2,3)4;2*1-15(24(17-4-5-17)22(26)21-14-23-7-11-29-21)16-12-19(27-9-3-2-8-25)18-6-10-28-20(18)13-16/h9,13,15-16,18,20,24,30H,5-8,10-12,14,17H2,1-4H3;2*6,10,12-13,15,17,21,23,25H,2-5,7-9,11,14H2,1H3/t18?,24-;15-,21+;15-,21-/m101/s1. The molecule has 3 aliphatic heterocycles. The van der Waals surface area contributed by atoms with Crippen LogP contribution in [0.4, 0.5) is 4.79 Å². The van der Waals surface area contributed by atoms with Gasteiger partial charge in [0.15, 0.2) is 6.10 Å². The Hall–Kier alpha value is -6.96. The summed E-state index contributed by atoms with van der Waals surface area (Å²) in [6.45, 7) is 18.3. The lowest BCUT2D eigenvalue weighted by atomic mass is 10.0. The fraction of sp³-hybridized carbons (Fsp3) is 0.606. The van der Waals surface area contributed by atoms with E-state index < -0.39 is 30.0 Å². The summed E-state index contributed by atoms with van der Waals surface area (Å²) in [4.78, 5) is 60.2. The third kappa shape index (κ3) is 18.3. The zero-order valence-corrected chi connectivity index (χ0v) is 55.6. The van der Waals surface area contributed by atoms with Crippen LogP contribution in [0.25, 0.3) is 32.9 Å². The van der Waals surface area contributed by atoms with Gasteiger partial charge in [-0.1, -0.05) is 0 Å². The normalized spacial score (nSPS) is 20.1. The molecular formula is C71H98N6O17. The van der Waals surface area contributed by atoms with Gasteiger partial charge < -0.3 is 92.0 Å². The van der Waals surface area contributed by atoms with E-state index in [1.54, 1.807) is 23.7 Å². The number of hydrogen-bond acceptors (Lipinski definition) is 19. The quantitative estimate of drug-likeness (QED) is 0.0300. The van der Waals surface area contributed by atoms with Crippen molar-refractivity contribution in [3.8, 4) is 17.2 Å². The number of fused-ring (bicyclic) bond motifs is 3. The van der Waals surface area contributed by atoms with E-state index in [2.05, 4.69) is 24.5 Å². The van der Waals surface area contributed by atoms with Crippen LogP contribution in [0.3, 0.4) is 0 Å². The number of carbonyl (C=O) groups excluding carboxylic acids is 4. The van der Waals surface area contributed by atoms with Gasteiger partial charge in [0.1, 0.15) is 51.8 Å². The molecule has 6 aromatic rings. The molecule has 6 atom stereocenters. The minimum Gasteiger partial charge on any atom is -0.493 e. The number of furan rings is 3. The summed E-state index contributed by atoms with van der Waals surface area (Å²) < 4.78 is 57.8. The lowest BCUT2D eigenvalue weighted by Crippen LogP contribution is -2.54. The third-order valence-corrected chi connectivity index (χ3v) is 17.8. The van der Waals surface area contributed by atoms with Crippen molar-refractivity contribution in [3.63, 3.8) is 0 Å². The van der Waals surface area contributed by atoms with E-state index >= 15 is 0 Å². The van der Waals surface area contributed by atoms with E-state index in [1.807, 2.05) is 97.0 Å². The number of ether oxygens (including phenoxy) is 7. The molecule has 514 valence electrons. The number of aliphatic hydroxyl groups is 3. The molecule has 5 N–H and O–H groups in total. The number of hydrogen-bond donors (Lipinski definition) is 5. The minimum absolute atomic E-state index is 0.0529. The fourth-order valence-corrected chi connectivity index (χ4v) is 12.3. The van der Waals surface area contributed by atoms with E-state index in [0.29, 0.717) is 83.3 Å². The van der Waals surface area contributed by atoms with Gasteiger partial charge in [-0.2, -0.15) is 0 Å². The van der Waals surface area contributed by atoms with Crippen molar-refractivity contribution in [3.05, 3.63) is 90.1 Å². The first-order chi connectivity index (χ1) is 45.5. The van der Waals surface area contributed by atoms with Gasteiger partial charge in [0.2, 0.25) is 0 Å². The molecule has 0 bridgehead atoms. The first-order valence-corrected chi connectivity index (χ1v) is 34.0. The van der Waals surface area contributed by atoms with Crippen LogP contribution in [-0.4, -0.2) is 200 Å². The van der Waals surface area contributed by atoms with Gasteiger partial charge >= 0.3 is 6.09 Å². The molecule has 23 nitrogen and oxygen atoms in total. The second-order valence-corrected chi connectivity index (χ2v) is 26.3. The van der Waals surface area contributed by atoms with Crippen molar-refractivity contribution < 1.29 is 80.9 Å². The zero-order valence-electron chi connectivity index (χ0n) is 55.6. The summed E-state index contributed by atoms with van der Waals surface area (Å²) in [7, 11) is 0. The summed E-state index contributed by atoms with van der Waals surface area (Å²) in [5.74, 6) is 2.21. The number of amides is 4. The molecule has 0 radical (unpaired) electrons. The van der Waals surface area contributed by atoms with Crippen LogP contribution in [-0.2, 0) is 33.3 Å². The maximum atomic E-state index is 13.7. The lowest BCUT2D eigenvalue weighted by Gasteiger charge is -2.38.